The lowest BCUT2D eigenvalue weighted by molar-refractivity contribution is 0.112. The van der Waals surface area contributed by atoms with E-state index in [9.17, 15) is 4.79 Å². The van der Waals surface area contributed by atoms with Crippen molar-refractivity contribution in [1.82, 2.24) is 19.9 Å². The second kappa shape index (κ2) is 6.37. The van der Waals surface area contributed by atoms with Gasteiger partial charge in [-0.05, 0) is 30.3 Å². The highest BCUT2D eigenvalue weighted by atomic mass is 32.2. The molecule has 23 heavy (non-hydrogen) atoms. The average Bonchev–Trinajstić information content (AvgIpc) is 2.92. The van der Waals surface area contributed by atoms with Gasteiger partial charge >= 0.3 is 0 Å². The highest BCUT2D eigenvalue weighted by Gasteiger charge is 2.19. The Balaban J connectivity index is 2.17. The second-order valence-corrected chi connectivity index (χ2v) is 6.27. The molecule has 0 saturated carbocycles. The maximum atomic E-state index is 11.5. The Hall–Kier alpha value is -2.41. The van der Waals surface area contributed by atoms with Gasteiger partial charge in [-0.25, -0.2) is 9.97 Å². The zero-order valence-corrected chi connectivity index (χ0v) is 14.0. The molecule has 0 saturated heterocycles. The number of pyridine rings is 1. The molecule has 0 bridgehead atoms. The number of aldehydes is 1. The normalized spacial score (nSPS) is 10.9. The van der Waals surface area contributed by atoms with Gasteiger partial charge in [0.25, 0.3) is 0 Å². The number of hydrogen-bond acceptors (Lipinski definition) is 6. The molecule has 0 aliphatic heterocycles. The molecule has 1 N–H and O–H groups in total. The van der Waals surface area contributed by atoms with E-state index < -0.39 is 0 Å². The molecule has 0 fully saturated rings. The number of nitrogens with one attached hydrogen (secondary N) is 1. The van der Waals surface area contributed by atoms with Gasteiger partial charge in [0.05, 0.1) is 5.39 Å². The Morgan fingerprint density at radius 3 is 2.78 bits per heavy atom. The average molecular weight is 327 g/mol. The Bertz CT molecular complexity index is 845. The quantitative estimate of drug-likeness (QED) is 0.573. The van der Waals surface area contributed by atoms with Gasteiger partial charge in [-0.3, -0.25) is 9.78 Å². The van der Waals surface area contributed by atoms with Crippen LogP contribution >= 0.6 is 11.8 Å². The highest BCUT2D eigenvalue weighted by Crippen LogP contribution is 2.32. The summed E-state index contributed by atoms with van der Waals surface area (Å²) >= 11 is 1.44. The third-order valence-corrected chi connectivity index (χ3v) is 4.31. The first-order chi connectivity index (χ1) is 11.1. The molecule has 0 spiro atoms. The maximum absolute atomic E-state index is 11.5. The van der Waals surface area contributed by atoms with Gasteiger partial charge in [-0.2, -0.15) is 0 Å². The highest BCUT2D eigenvalue weighted by molar-refractivity contribution is 7.99. The molecule has 7 heteroatoms. The Morgan fingerprint density at radius 2 is 2.17 bits per heavy atom. The van der Waals surface area contributed by atoms with Crippen molar-refractivity contribution in [3.05, 3.63) is 35.8 Å². The SMILES string of the molecule is CCc1[nH]c2nc(Sc3cccnc3)nc(N(C)C)c2c1C=O. The molecule has 0 atom stereocenters. The summed E-state index contributed by atoms with van der Waals surface area (Å²) in [6, 6.07) is 3.84. The van der Waals surface area contributed by atoms with Crippen molar-refractivity contribution in [2.75, 3.05) is 19.0 Å². The molecule has 3 aromatic heterocycles. The smallest absolute Gasteiger partial charge is 0.196 e. The molecule has 0 amide bonds. The number of anilines is 1. The van der Waals surface area contributed by atoms with Crippen LogP contribution in [0.25, 0.3) is 11.0 Å². The van der Waals surface area contributed by atoms with E-state index in [0.717, 1.165) is 34.5 Å². The number of hydrogen-bond donors (Lipinski definition) is 1. The summed E-state index contributed by atoms with van der Waals surface area (Å²) in [4.78, 5) is 30.9. The van der Waals surface area contributed by atoms with Crippen LogP contribution < -0.4 is 4.90 Å². The number of aromatic nitrogens is 4. The van der Waals surface area contributed by atoms with E-state index in [1.165, 1.54) is 11.8 Å². The number of carbonyl (C=O) groups is 1. The van der Waals surface area contributed by atoms with Crippen LogP contribution in [0.2, 0.25) is 0 Å². The van der Waals surface area contributed by atoms with Crippen molar-refractivity contribution < 1.29 is 4.79 Å². The van der Waals surface area contributed by atoms with E-state index in [1.807, 2.05) is 38.1 Å². The summed E-state index contributed by atoms with van der Waals surface area (Å²) in [5.74, 6) is 0.736. The van der Waals surface area contributed by atoms with Crippen LogP contribution in [0.1, 0.15) is 23.0 Å². The van der Waals surface area contributed by atoms with Crippen LogP contribution in [0.4, 0.5) is 5.82 Å². The van der Waals surface area contributed by atoms with Gasteiger partial charge in [0.1, 0.15) is 11.5 Å². The number of fused-ring (bicyclic) bond motifs is 1. The van der Waals surface area contributed by atoms with Crippen LogP contribution in [-0.4, -0.2) is 40.3 Å². The van der Waals surface area contributed by atoms with E-state index in [2.05, 4.69) is 19.9 Å². The van der Waals surface area contributed by atoms with E-state index in [1.54, 1.807) is 12.4 Å². The molecular weight excluding hydrogens is 310 g/mol. The predicted molar refractivity (Wildman–Crippen MR) is 91.3 cm³/mol. The molecule has 0 aliphatic rings. The first-order valence-electron chi connectivity index (χ1n) is 7.27. The van der Waals surface area contributed by atoms with Gasteiger partial charge in [0, 0.05) is 42.6 Å². The van der Waals surface area contributed by atoms with Crippen molar-refractivity contribution in [3.63, 3.8) is 0 Å². The Labute approximate surface area is 138 Å². The van der Waals surface area contributed by atoms with Crippen LogP contribution in [0.5, 0.6) is 0 Å². The minimum absolute atomic E-state index is 0.621. The minimum atomic E-state index is 0.621. The molecule has 3 heterocycles. The van der Waals surface area contributed by atoms with Crippen LogP contribution in [0, 0.1) is 0 Å². The first kappa shape index (κ1) is 15.5. The monoisotopic (exact) mass is 327 g/mol. The summed E-state index contributed by atoms with van der Waals surface area (Å²) in [5, 5.41) is 1.40. The molecule has 0 aromatic carbocycles. The van der Waals surface area contributed by atoms with Crippen molar-refractivity contribution in [1.29, 1.82) is 0 Å². The molecular formula is C16H17N5OS. The van der Waals surface area contributed by atoms with Crippen molar-refractivity contribution in [2.24, 2.45) is 0 Å². The number of nitrogens with zero attached hydrogens (tertiary/aromatic N) is 4. The number of carbonyl (C=O) groups excluding carboxylic acids is 1. The zero-order valence-electron chi connectivity index (χ0n) is 13.2. The summed E-state index contributed by atoms with van der Waals surface area (Å²) in [5.41, 5.74) is 2.22. The summed E-state index contributed by atoms with van der Waals surface area (Å²) in [7, 11) is 3.82. The van der Waals surface area contributed by atoms with Gasteiger partial charge in [0.15, 0.2) is 11.4 Å². The van der Waals surface area contributed by atoms with Gasteiger partial charge < -0.3 is 9.88 Å². The van der Waals surface area contributed by atoms with E-state index >= 15 is 0 Å². The Morgan fingerprint density at radius 1 is 1.35 bits per heavy atom. The lowest BCUT2D eigenvalue weighted by atomic mass is 10.1. The van der Waals surface area contributed by atoms with Crippen LogP contribution in [0.3, 0.4) is 0 Å². The molecule has 3 aromatic rings. The predicted octanol–water partition coefficient (Wildman–Crippen LogP) is 2.95. The van der Waals surface area contributed by atoms with E-state index in [0.29, 0.717) is 16.4 Å². The van der Waals surface area contributed by atoms with Gasteiger partial charge in [0.2, 0.25) is 0 Å². The van der Waals surface area contributed by atoms with Crippen molar-refractivity contribution >= 4 is 34.9 Å². The van der Waals surface area contributed by atoms with E-state index in [-0.39, 0.29) is 0 Å². The first-order valence-corrected chi connectivity index (χ1v) is 8.08. The molecule has 3 rings (SSSR count). The summed E-state index contributed by atoms with van der Waals surface area (Å²) in [6.45, 7) is 2.01. The third-order valence-electron chi connectivity index (χ3n) is 3.47. The molecule has 118 valence electrons. The molecule has 0 unspecified atom stereocenters. The number of rotatable bonds is 5. The molecule has 0 aliphatic carbocycles. The Kier molecular flexibility index (Phi) is 4.29. The maximum Gasteiger partial charge on any atom is 0.196 e. The number of aromatic amines is 1. The van der Waals surface area contributed by atoms with Crippen LogP contribution in [-0.2, 0) is 6.42 Å². The largest absolute Gasteiger partial charge is 0.362 e. The fraction of sp³-hybridized carbons (Fsp3) is 0.250. The zero-order chi connectivity index (χ0) is 16.4. The van der Waals surface area contributed by atoms with Crippen molar-refractivity contribution in [2.45, 2.75) is 23.4 Å². The lowest BCUT2D eigenvalue weighted by Crippen LogP contribution is -2.12. The standard InChI is InChI=1S/C16H17N5OS/c1-4-12-11(9-22)13-14(18-12)19-16(20-15(13)21(2)3)23-10-6-5-7-17-8-10/h5-9H,4H2,1-3H3,(H,18,19,20). The lowest BCUT2D eigenvalue weighted by Gasteiger charge is -2.13. The van der Waals surface area contributed by atoms with Gasteiger partial charge in [-0.15, -0.1) is 0 Å². The second-order valence-electron chi connectivity index (χ2n) is 5.23. The summed E-state index contributed by atoms with van der Waals surface area (Å²) in [6.07, 6.45) is 5.12. The summed E-state index contributed by atoms with van der Waals surface area (Å²) < 4.78 is 0. The topological polar surface area (TPSA) is 74.8 Å². The molecule has 0 radical (unpaired) electrons. The minimum Gasteiger partial charge on any atom is -0.362 e. The fourth-order valence-electron chi connectivity index (χ4n) is 2.42. The molecule has 6 nitrogen and oxygen atoms in total. The van der Waals surface area contributed by atoms with E-state index in [4.69, 9.17) is 0 Å². The number of aryl methyl sites for hydroxylation is 1. The number of H-pyrrole nitrogens is 1. The fourth-order valence-corrected chi connectivity index (χ4v) is 3.16. The third kappa shape index (κ3) is 2.92. The van der Waals surface area contributed by atoms with Crippen LogP contribution in [0.15, 0.2) is 34.6 Å². The van der Waals surface area contributed by atoms with Gasteiger partial charge in [-0.1, -0.05) is 6.92 Å². The van der Waals surface area contributed by atoms with Crippen molar-refractivity contribution in [3.8, 4) is 0 Å².